The Hall–Kier alpha value is -1.50. The van der Waals surface area contributed by atoms with Crippen LogP contribution in [0.5, 0.6) is 0 Å². The van der Waals surface area contributed by atoms with E-state index in [1.165, 1.54) is 12.8 Å². The van der Waals surface area contributed by atoms with Gasteiger partial charge in [0.05, 0.1) is 11.9 Å². The Kier molecular flexibility index (Phi) is 2.70. The average Bonchev–Trinajstić information content (AvgIpc) is 2.80. The van der Waals surface area contributed by atoms with Crippen LogP contribution in [0.2, 0.25) is 0 Å². The zero-order valence-electron chi connectivity index (χ0n) is 6.85. The number of aromatic nitrogens is 2. The minimum atomic E-state index is 0.764. The first kappa shape index (κ1) is 8.60. The van der Waals surface area contributed by atoms with Crippen LogP contribution in [0.1, 0.15) is 12.8 Å². The molecule has 1 saturated carbocycles. The third kappa shape index (κ3) is 2.27. The lowest BCUT2D eigenvalue weighted by molar-refractivity contribution is 0.563. The van der Waals surface area contributed by atoms with Crippen LogP contribution in [0.3, 0.4) is 0 Å². The molecule has 0 aliphatic heterocycles. The van der Waals surface area contributed by atoms with E-state index in [1.807, 2.05) is 10.9 Å². The summed E-state index contributed by atoms with van der Waals surface area (Å²) in [5.74, 6) is 0.874. The summed E-state index contributed by atoms with van der Waals surface area (Å²) < 4.78 is 1.92. The van der Waals surface area contributed by atoms with Crippen LogP contribution in [0.25, 0.3) is 0 Å². The molecule has 0 bridgehead atoms. The fourth-order valence-corrected chi connectivity index (χ4v) is 1.04. The molecule has 4 heteroatoms. The lowest BCUT2D eigenvalue weighted by Gasteiger charge is -1.95. The smallest absolute Gasteiger partial charge is 0.0719 e. The number of anilines is 1. The van der Waals surface area contributed by atoms with Crippen LogP contribution in [0, 0.1) is 17.8 Å². The Labute approximate surface area is 71.6 Å². The van der Waals surface area contributed by atoms with Gasteiger partial charge < -0.3 is 5.73 Å². The van der Waals surface area contributed by atoms with Gasteiger partial charge in [-0.05, 0) is 18.8 Å². The molecule has 4 nitrogen and oxygen atoms in total. The molecule has 1 aliphatic carbocycles. The first-order valence-electron chi connectivity index (χ1n) is 3.88. The number of hydrogen-bond acceptors (Lipinski definition) is 3. The normalized spacial score (nSPS) is 14.8. The SMILES string of the molecule is C#N.Nc1cnn(CC2CC2)c1. The lowest BCUT2D eigenvalue weighted by Crippen LogP contribution is -1.99. The predicted molar refractivity (Wildman–Crippen MR) is 46.0 cm³/mol. The Bertz CT molecular complexity index is 259. The number of hydrogen-bond donors (Lipinski definition) is 1. The van der Waals surface area contributed by atoms with Gasteiger partial charge in [0.1, 0.15) is 0 Å². The predicted octanol–water partition coefficient (Wildman–Crippen LogP) is 1.02. The molecule has 1 aromatic heterocycles. The van der Waals surface area contributed by atoms with E-state index >= 15 is 0 Å². The number of nitrogens with zero attached hydrogens (tertiary/aromatic N) is 3. The zero-order valence-corrected chi connectivity index (χ0v) is 6.85. The molecule has 1 aliphatic rings. The van der Waals surface area contributed by atoms with Gasteiger partial charge in [0, 0.05) is 19.3 Å². The van der Waals surface area contributed by atoms with E-state index in [9.17, 15) is 0 Å². The van der Waals surface area contributed by atoms with Gasteiger partial charge in [-0.25, -0.2) is 5.26 Å². The first-order valence-corrected chi connectivity index (χ1v) is 3.88. The van der Waals surface area contributed by atoms with Crippen LogP contribution >= 0.6 is 0 Å². The van der Waals surface area contributed by atoms with Crippen LogP contribution in [0.4, 0.5) is 5.69 Å². The van der Waals surface area contributed by atoms with Gasteiger partial charge in [-0.2, -0.15) is 5.10 Å². The molecule has 2 N–H and O–H groups in total. The summed E-state index contributed by atoms with van der Waals surface area (Å²) in [5, 5.41) is 10.6. The summed E-state index contributed by atoms with van der Waals surface area (Å²) >= 11 is 0. The van der Waals surface area contributed by atoms with Crippen LogP contribution in [-0.4, -0.2) is 9.78 Å². The van der Waals surface area contributed by atoms with Gasteiger partial charge in [-0.3, -0.25) is 4.68 Å². The van der Waals surface area contributed by atoms with Crippen molar-refractivity contribution >= 4 is 5.69 Å². The van der Waals surface area contributed by atoms with E-state index < -0.39 is 0 Å². The molecule has 1 fully saturated rings. The molecule has 0 spiro atoms. The summed E-state index contributed by atoms with van der Waals surface area (Å²) in [6, 6.07) is 0. The highest BCUT2D eigenvalue weighted by atomic mass is 15.3. The van der Waals surface area contributed by atoms with Gasteiger partial charge in [-0.15, -0.1) is 0 Å². The molecule has 0 saturated heterocycles. The summed E-state index contributed by atoms with van der Waals surface area (Å²) in [7, 11) is 0. The zero-order chi connectivity index (χ0) is 8.97. The van der Waals surface area contributed by atoms with E-state index in [4.69, 9.17) is 11.0 Å². The van der Waals surface area contributed by atoms with Crippen molar-refractivity contribution in [3.8, 4) is 6.57 Å². The highest BCUT2D eigenvalue weighted by molar-refractivity contribution is 5.30. The van der Waals surface area contributed by atoms with Crippen LogP contribution in [-0.2, 0) is 6.54 Å². The summed E-state index contributed by atoms with van der Waals surface area (Å²) in [6.07, 6.45) is 6.31. The Morgan fingerprint density at radius 2 is 2.33 bits per heavy atom. The molecule has 1 aromatic rings. The highest BCUT2D eigenvalue weighted by Gasteiger charge is 2.21. The van der Waals surface area contributed by atoms with Crippen molar-refractivity contribution in [2.24, 2.45) is 5.92 Å². The number of nitrogen functional groups attached to an aromatic ring is 1. The van der Waals surface area contributed by atoms with E-state index in [2.05, 4.69) is 11.7 Å². The van der Waals surface area contributed by atoms with Gasteiger partial charge >= 0.3 is 0 Å². The minimum Gasteiger partial charge on any atom is -0.396 e. The Balaban J connectivity index is 0.000000336. The molecule has 12 heavy (non-hydrogen) atoms. The van der Waals surface area contributed by atoms with Gasteiger partial charge in [0.25, 0.3) is 0 Å². The molecule has 0 atom stereocenters. The average molecular weight is 164 g/mol. The number of nitriles is 1. The fourth-order valence-electron chi connectivity index (χ4n) is 1.04. The van der Waals surface area contributed by atoms with E-state index in [0.29, 0.717) is 0 Å². The summed E-state index contributed by atoms with van der Waals surface area (Å²) in [4.78, 5) is 0. The number of rotatable bonds is 2. The summed E-state index contributed by atoms with van der Waals surface area (Å²) in [6.45, 7) is 4.55. The second-order valence-corrected chi connectivity index (χ2v) is 2.94. The maximum Gasteiger partial charge on any atom is 0.0719 e. The maximum atomic E-state index is 6.50. The Morgan fingerprint density at radius 3 is 2.75 bits per heavy atom. The molecular formula is C8H12N4. The lowest BCUT2D eigenvalue weighted by atomic mass is 10.4. The quantitative estimate of drug-likeness (QED) is 0.709. The molecule has 64 valence electrons. The number of nitrogens with two attached hydrogens (primary N) is 1. The van der Waals surface area contributed by atoms with Crippen molar-refractivity contribution in [1.29, 1.82) is 5.26 Å². The van der Waals surface area contributed by atoms with Crippen molar-refractivity contribution in [2.45, 2.75) is 19.4 Å². The topological polar surface area (TPSA) is 67.6 Å². The molecule has 1 heterocycles. The van der Waals surface area contributed by atoms with Crippen molar-refractivity contribution in [3.05, 3.63) is 12.4 Å². The molecule has 0 amide bonds. The van der Waals surface area contributed by atoms with Gasteiger partial charge in [0.2, 0.25) is 0 Å². The van der Waals surface area contributed by atoms with Crippen LogP contribution < -0.4 is 5.73 Å². The standard InChI is InChI=1S/C7H11N3.CHN/c8-7-3-9-10(5-7)4-6-1-2-6;1-2/h3,5-6H,1-2,4,8H2;1H. The third-order valence-corrected chi connectivity index (χ3v) is 1.80. The molecule has 0 unspecified atom stereocenters. The van der Waals surface area contributed by atoms with E-state index in [0.717, 1.165) is 18.2 Å². The first-order chi connectivity index (χ1) is 5.84. The van der Waals surface area contributed by atoms with Crippen LogP contribution in [0.15, 0.2) is 12.4 Å². The molecule has 0 radical (unpaired) electrons. The minimum absolute atomic E-state index is 0.764. The van der Waals surface area contributed by atoms with Crippen molar-refractivity contribution in [2.75, 3.05) is 5.73 Å². The molecular weight excluding hydrogens is 152 g/mol. The van der Waals surface area contributed by atoms with Gasteiger partial charge in [0.15, 0.2) is 0 Å². The fraction of sp³-hybridized carbons (Fsp3) is 0.500. The van der Waals surface area contributed by atoms with Gasteiger partial charge in [-0.1, -0.05) is 0 Å². The van der Waals surface area contributed by atoms with Crippen molar-refractivity contribution in [3.63, 3.8) is 0 Å². The maximum absolute atomic E-state index is 6.50. The third-order valence-electron chi connectivity index (χ3n) is 1.80. The second-order valence-electron chi connectivity index (χ2n) is 2.94. The van der Waals surface area contributed by atoms with E-state index in [-0.39, 0.29) is 0 Å². The highest BCUT2D eigenvalue weighted by Crippen LogP contribution is 2.30. The monoisotopic (exact) mass is 164 g/mol. The largest absolute Gasteiger partial charge is 0.396 e. The second kappa shape index (κ2) is 3.77. The van der Waals surface area contributed by atoms with Crippen molar-refractivity contribution < 1.29 is 0 Å². The molecule has 0 aromatic carbocycles. The van der Waals surface area contributed by atoms with Crippen molar-refractivity contribution in [1.82, 2.24) is 9.78 Å². The van der Waals surface area contributed by atoms with E-state index in [1.54, 1.807) is 6.20 Å². The molecule has 2 rings (SSSR count). The Morgan fingerprint density at radius 1 is 1.67 bits per heavy atom. The summed E-state index contributed by atoms with van der Waals surface area (Å²) in [5.41, 5.74) is 6.26.